The monoisotopic (exact) mass is 296 g/mol. The molecule has 122 valence electrons. The highest BCUT2D eigenvalue weighted by atomic mass is 16.4. The molecule has 0 aromatic carbocycles. The minimum absolute atomic E-state index is 0.314. The van der Waals surface area contributed by atoms with E-state index in [1.165, 1.54) is 44.9 Å². The van der Waals surface area contributed by atoms with Crippen LogP contribution in [0.3, 0.4) is 0 Å². The van der Waals surface area contributed by atoms with Crippen LogP contribution in [-0.2, 0) is 4.79 Å². The van der Waals surface area contributed by atoms with Crippen LogP contribution in [0.15, 0.2) is 0 Å². The van der Waals surface area contributed by atoms with Crippen LogP contribution in [0, 0.1) is 5.92 Å². The van der Waals surface area contributed by atoms with Gasteiger partial charge in [0.15, 0.2) is 0 Å². The van der Waals surface area contributed by atoms with E-state index in [0.717, 1.165) is 26.1 Å². The Morgan fingerprint density at radius 1 is 1.19 bits per heavy atom. The molecular formula is C17H32N2O2. The Morgan fingerprint density at radius 2 is 1.95 bits per heavy atom. The average molecular weight is 296 g/mol. The molecule has 1 aliphatic carbocycles. The summed E-state index contributed by atoms with van der Waals surface area (Å²) in [6.45, 7) is 5.41. The molecule has 0 amide bonds. The van der Waals surface area contributed by atoms with Crippen LogP contribution in [0.5, 0.6) is 0 Å². The first-order valence-corrected chi connectivity index (χ1v) is 8.87. The van der Waals surface area contributed by atoms with E-state index in [9.17, 15) is 4.79 Å². The average Bonchev–Trinajstić information content (AvgIpc) is 2.45. The Labute approximate surface area is 129 Å². The van der Waals surface area contributed by atoms with Crippen molar-refractivity contribution >= 4 is 5.97 Å². The minimum Gasteiger partial charge on any atom is -0.481 e. The van der Waals surface area contributed by atoms with Crippen LogP contribution in [0.25, 0.3) is 0 Å². The number of carboxylic acid groups (broad SMARTS) is 1. The first kappa shape index (κ1) is 16.8. The Kier molecular flexibility index (Phi) is 6.97. The van der Waals surface area contributed by atoms with Gasteiger partial charge >= 0.3 is 5.97 Å². The highest BCUT2D eigenvalue weighted by molar-refractivity contribution is 5.67. The smallest absolute Gasteiger partial charge is 0.303 e. The molecule has 1 heterocycles. The van der Waals surface area contributed by atoms with Gasteiger partial charge in [-0.15, -0.1) is 0 Å². The number of hydrogen-bond donors (Lipinski definition) is 2. The van der Waals surface area contributed by atoms with Crippen LogP contribution in [-0.4, -0.2) is 47.7 Å². The third-order valence-corrected chi connectivity index (χ3v) is 4.98. The Bertz CT molecular complexity index is 316. The van der Waals surface area contributed by atoms with Gasteiger partial charge in [0.25, 0.3) is 0 Å². The van der Waals surface area contributed by atoms with Gasteiger partial charge in [-0.25, -0.2) is 0 Å². The summed E-state index contributed by atoms with van der Waals surface area (Å²) in [4.78, 5) is 13.5. The van der Waals surface area contributed by atoms with Gasteiger partial charge < -0.3 is 15.3 Å². The molecule has 1 aliphatic heterocycles. The zero-order chi connectivity index (χ0) is 15.1. The van der Waals surface area contributed by atoms with Crippen molar-refractivity contribution in [1.29, 1.82) is 0 Å². The zero-order valence-electron chi connectivity index (χ0n) is 13.5. The normalized spacial score (nSPS) is 28.6. The molecule has 2 unspecified atom stereocenters. The van der Waals surface area contributed by atoms with Gasteiger partial charge in [0.2, 0.25) is 0 Å². The lowest BCUT2D eigenvalue weighted by Gasteiger charge is -2.40. The second-order valence-electron chi connectivity index (χ2n) is 7.01. The summed E-state index contributed by atoms with van der Waals surface area (Å²) in [6, 6.07) is 1.16. The van der Waals surface area contributed by atoms with Crippen molar-refractivity contribution in [3.05, 3.63) is 0 Å². The fourth-order valence-corrected chi connectivity index (χ4v) is 3.99. The molecule has 2 fully saturated rings. The lowest BCUT2D eigenvalue weighted by atomic mass is 9.89. The molecule has 21 heavy (non-hydrogen) atoms. The number of rotatable bonds is 7. The number of hydrogen-bond acceptors (Lipinski definition) is 3. The molecule has 1 saturated carbocycles. The summed E-state index contributed by atoms with van der Waals surface area (Å²) >= 11 is 0. The Morgan fingerprint density at radius 3 is 2.62 bits per heavy atom. The van der Waals surface area contributed by atoms with Crippen molar-refractivity contribution in [2.45, 2.75) is 76.8 Å². The van der Waals surface area contributed by atoms with Gasteiger partial charge in [0.1, 0.15) is 0 Å². The zero-order valence-corrected chi connectivity index (χ0v) is 13.5. The predicted molar refractivity (Wildman–Crippen MR) is 85.5 cm³/mol. The largest absolute Gasteiger partial charge is 0.481 e. The van der Waals surface area contributed by atoms with E-state index in [4.69, 9.17) is 5.11 Å². The Balaban J connectivity index is 1.86. The van der Waals surface area contributed by atoms with Crippen molar-refractivity contribution in [3.63, 3.8) is 0 Å². The van der Waals surface area contributed by atoms with Gasteiger partial charge in [-0.3, -0.25) is 4.79 Å². The van der Waals surface area contributed by atoms with Crippen molar-refractivity contribution in [1.82, 2.24) is 10.2 Å². The Hall–Kier alpha value is -0.610. The molecule has 1 saturated heterocycles. The summed E-state index contributed by atoms with van der Waals surface area (Å²) in [6.07, 6.45) is 10.5. The standard InChI is InChI=1S/C17H32N2O2/c1-2-3-9-19-12-14(11-17(20)21)10-16(13-19)18-15-7-5-4-6-8-15/h14-16,18H,2-13H2,1H3,(H,20,21). The molecule has 0 aromatic rings. The summed E-state index contributed by atoms with van der Waals surface area (Å²) in [5.74, 6) is -0.331. The summed E-state index contributed by atoms with van der Waals surface area (Å²) in [5.41, 5.74) is 0. The molecule has 4 nitrogen and oxygen atoms in total. The van der Waals surface area contributed by atoms with Crippen LogP contribution < -0.4 is 5.32 Å². The molecule has 0 spiro atoms. The molecule has 4 heteroatoms. The maximum absolute atomic E-state index is 11.0. The van der Waals surface area contributed by atoms with E-state index in [0.29, 0.717) is 24.4 Å². The highest BCUT2D eigenvalue weighted by Gasteiger charge is 2.29. The van der Waals surface area contributed by atoms with Crippen LogP contribution in [0.4, 0.5) is 0 Å². The van der Waals surface area contributed by atoms with E-state index in [1.54, 1.807) is 0 Å². The van der Waals surface area contributed by atoms with Crippen LogP contribution in [0.2, 0.25) is 0 Å². The number of carboxylic acids is 1. The lowest BCUT2D eigenvalue weighted by molar-refractivity contribution is -0.138. The summed E-state index contributed by atoms with van der Waals surface area (Å²) < 4.78 is 0. The molecule has 0 aromatic heterocycles. The second kappa shape index (κ2) is 8.74. The first-order valence-electron chi connectivity index (χ1n) is 8.87. The predicted octanol–water partition coefficient (Wildman–Crippen LogP) is 2.87. The fourth-order valence-electron chi connectivity index (χ4n) is 3.99. The fraction of sp³-hybridized carbons (Fsp3) is 0.941. The second-order valence-corrected chi connectivity index (χ2v) is 7.01. The third kappa shape index (κ3) is 5.95. The first-order chi connectivity index (χ1) is 10.2. The number of unbranched alkanes of at least 4 members (excludes halogenated alkanes) is 1. The summed E-state index contributed by atoms with van der Waals surface area (Å²) in [7, 11) is 0. The van der Waals surface area contributed by atoms with Gasteiger partial charge in [0.05, 0.1) is 0 Å². The van der Waals surface area contributed by atoms with Gasteiger partial charge in [-0.05, 0) is 38.1 Å². The topological polar surface area (TPSA) is 52.6 Å². The van der Waals surface area contributed by atoms with Crippen molar-refractivity contribution < 1.29 is 9.90 Å². The number of nitrogens with zero attached hydrogens (tertiary/aromatic N) is 1. The van der Waals surface area contributed by atoms with E-state index in [2.05, 4.69) is 17.1 Å². The van der Waals surface area contributed by atoms with Crippen molar-refractivity contribution in [2.75, 3.05) is 19.6 Å². The molecule has 0 bridgehead atoms. The molecule has 0 radical (unpaired) electrons. The third-order valence-electron chi connectivity index (χ3n) is 4.98. The van der Waals surface area contributed by atoms with E-state index < -0.39 is 5.97 Å². The van der Waals surface area contributed by atoms with Crippen LogP contribution in [0.1, 0.15) is 64.7 Å². The SMILES string of the molecule is CCCCN1CC(CC(=O)O)CC(NC2CCCCC2)C1. The van der Waals surface area contributed by atoms with Gasteiger partial charge in [0, 0.05) is 31.6 Å². The number of aliphatic carboxylic acids is 1. The molecule has 2 N–H and O–H groups in total. The van der Waals surface area contributed by atoms with E-state index >= 15 is 0 Å². The maximum atomic E-state index is 11.0. The maximum Gasteiger partial charge on any atom is 0.303 e. The van der Waals surface area contributed by atoms with Crippen molar-refractivity contribution in [3.8, 4) is 0 Å². The highest BCUT2D eigenvalue weighted by Crippen LogP contribution is 2.24. The number of nitrogens with one attached hydrogen (secondary N) is 1. The van der Waals surface area contributed by atoms with E-state index in [-0.39, 0.29) is 0 Å². The number of piperidine rings is 1. The van der Waals surface area contributed by atoms with Crippen molar-refractivity contribution in [2.24, 2.45) is 5.92 Å². The number of carbonyl (C=O) groups is 1. The van der Waals surface area contributed by atoms with Crippen LogP contribution >= 0.6 is 0 Å². The lowest BCUT2D eigenvalue weighted by Crippen LogP contribution is -2.52. The van der Waals surface area contributed by atoms with Gasteiger partial charge in [-0.2, -0.15) is 0 Å². The van der Waals surface area contributed by atoms with E-state index in [1.807, 2.05) is 0 Å². The quantitative estimate of drug-likeness (QED) is 0.758. The molecule has 2 atom stereocenters. The number of likely N-dealkylation sites (tertiary alicyclic amines) is 1. The molecule has 2 aliphatic rings. The molecule has 2 rings (SSSR count). The molecular weight excluding hydrogens is 264 g/mol. The van der Waals surface area contributed by atoms with Gasteiger partial charge in [-0.1, -0.05) is 32.6 Å². The minimum atomic E-state index is -0.645. The summed E-state index contributed by atoms with van der Waals surface area (Å²) in [5, 5.41) is 12.9.